The molecule has 2 aliphatic rings. The van der Waals surface area contributed by atoms with Crippen LogP contribution in [0.1, 0.15) is 25.3 Å². The Morgan fingerprint density at radius 1 is 1.45 bits per heavy atom. The SMILES string of the molecule is Br.CCC1(C2=NC[C@H](CCN)N2)Cc2ccccc2O1. The van der Waals surface area contributed by atoms with Crippen LogP contribution < -0.4 is 15.8 Å². The van der Waals surface area contributed by atoms with Crippen molar-refractivity contribution >= 4 is 22.8 Å². The largest absolute Gasteiger partial charge is 0.479 e. The van der Waals surface area contributed by atoms with Gasteiger partial charge in [-0.3, -0.25) is 4.99 Å². The zero-order valence-corrected chi connectivity index (χ0v) is 13.5. The molecule has 0 saturated carbocycles. The van der Waals surface area contributed by atoms with Crippen molar-refractivity contribution in [1.29, 1.82) is 0 Å². The van der Waals surface area contributed by atoms with Gasteiger partial charge in [0.1, 0.15) is 11.6 Å². The van der Waals surface area contributed by atoms with E-state index in [9.17, 15) is 0 Å². The fraction of sp³-hybridized carbons (Fsp3) is 0.533. The van der Waals surface area contributed by atoms with Crippen LogP contribution in [-0.4, -0.2) is 30.6 Å². The van der Waals surface area contributed by atoms with Gasteiger partial charge in [-0.2, -0.15) is 0 Å². The monoisotopic (exact) mass is 339 g/mol. The normalized spacial score (nSPS) is 27.1. The maximum Gasteiger partial charge on any atom is 0.169 e. The number of amidine groups is 1. The molecule has 1 unspecified atom stereocenters. The highest BCUT2D eigenvalue weighted by molar-refractivity contribution is 8.93. The highest BCUT2D eigenvalue weighted by Crippen LogP contribution is 2.38. The minimum atomic E-state index is -0.299. The number of rotatable bonds is 4. The average Bonchev–Trinajstić information content (AvgIpc) is 3.03. The van der Waals surface area contributed by atoms with Gasteiger partial charge in [0.15, 0.2) is 5.60 Å². The first-order valence-electron chi connectivity index (χ1n) is 7.06. The summed E-state index contributed by atoms with van der Waals surface area (Å²) in [7, 11) is 0. The van der Waals surface area contributed by atoms with Crippen LogP contribution in [0.4, 0.5) is 0 Å². The summed E-state index contributed by atoms with van der Waals surface area (Å²) >= 11 is 0. The van der Waals surface area contributed by atoms with Gasteiger partial charge in [0, 0.05) is 12.5 Å². The molecule has 0 bridgehead atoms. The van der Waals surface area contributed by atoms with Crippen molar-refractivity contribution < 1.29 is 4.74 Å². The van der Waals surface area contributed by atoms with E-state index in [0.29, 0.717) is 12.6 Å². The molecule has 0 radical (unpaired) electrons. The molecule has 0 saturated heterocycles. The molecule has 3 N–H and O–H groups in total. The summed E-state index contributed by atoms with van der Waals surface area (Å²) in [5, 5.41) is 3.51. The lowest BCUT2D eigenvalue weighted by Gasteiger charge is -2.28. The van der Waals surface area contributed by atoms with Gasteiger partial charge in [-0.25, -0.2) is 0 Å². The van der Waals surface area contributed by atoms with E-state index in [1.54, 1.807) is 0 Å². The molecule has 1 aromatic carbocycles. The van der Waals surface area contributed by atoms with E-state index in [0.717, 1.165) is 37.4 Å². The zero-order chi connectivity index (χ0) is 13.3. The molecule has 2 aliphatic heterocycles. The van der Waals surface area contributed by atoms with Crippen molar-refractivity contribution in [2.45, 2.75) is 37.8 Å². The Morgan fingerprint density at radius 2 is 2.25 bits per heavy atom. The molecule has 20 heavy (non-hydrogen) atoms. The number of nitrogens with two attached hydrogens (primary N) is 1. The molecule has 5 heteroatoms. The molecule has 110 valence electrons. The number of halogens is 1. The second-order valence-corrected chi connectivity index (χ2v) is 5.34. The third kappa shape index (κ3) is 2.56. The van der Waals surface area contributed by atoms with Crippen LogP contribution >= 0.6 is 17.0 Å². The van der Waals surface area contributed by atoms with Crippen molar-refractivity contribution in [1.82, 2.24) is 5.32 Å². The molecular formula is C15H22BrN3O. The Bertz CT molecular complexity index is 479. The van der Waals surface area contributed by atoms with Crippen LogP contribution in [0.5, 0.6) is 5.75 Å². The number of benzene rings is 1. The molecule has 0 amide bonds. The van der Waals surface area contributed by atoms with E-state index in [1.165, 1.54) is 5.56 Å². The minimum absolute atomic E-state index is 0. The lowest BCUT2D eigenvalue weighted by Crippen LogP contribution is -2.50. The summed E-state index contributed by atoms with van der Waals surface area (Å²) < 4.78 is 6.23. The van der Waals surface area contributed by atoms with E-state index in [4.69, 9.17) is 10.5 Å². The number of ether oxygens (including phenoxy) is 1. The smallest absolute Gasteiger partial charge is 0.169 e. The van der Waals surface area contributed by atoms with Gasteiger partial charge < -0.3 is 15.8 Å². The zero-order valence-electron chi connectivity index (χ0n) is 11.8. The summed E-state index contributed by atoms with van der Waals surface area (Å²) in [4.78, 5) is 4.67. The first-order chi connectivity index (χ1) is 9.27. The number of hydrogen-bond acceptors (Lipinski definition) is 4. The predicted octanol–water partition coefficient (Wildman–Crippen LogP) is 2.07. The van der Waals surface area contributed by atoms with Crippen LogP contribution in [0.15, 0.2) is 29.3 Å². The third-order valence-corrected chi connectivity index (χ3v) is 4.08. The number of aliphatic imine (C=N–C) groups is 1. The Morgan fingerprint density at radius 3 is 2.95 bits per heavy atom. The second-order valence-electron chi connectivity index (χ2n) is 5.34. The van der Waals surface area contributed by atoms with Gasteiger partial charge in [-0.1, -0.05) is 25.1 Å². The average molecular weight is 340 g/mol. The van der Waals surface area contributed by atoms with Crippen LogP contribution in [0.2, 0.25) is 0 Å². The van der Waals surface area contributed by atoms with Gasteiger partial charge in [-0.15, -0.1) is 17.0 Å². The third-order valence-electron chi connectivity index (χ3n) is 4.08. The predicted molar refractivity (Wildman–Crippen MR) is 87.0 cm³/mol. The number of para-hydroxylation sites is 1. The summed E-state index contributed by atoms with van der Waals surface area (Å²) in [6.45, 7) is 3.67. The standard InChI is InChI=1S/C15H21N3O.BrH/c1-2-15(14-17-10-12(18-14)7-8-16)9-11-5-3-4-6-13(11)19-15;/h3-6,12H,2,7-10,16H2,1H3,(H,17,18);1H/t12-,15?;/m0./s1. The Labute approximate surface area is 130 Å². The first-order valence-corrected chi connectivity index (χ1v) is 7.06. The van der Waals surface area contributed by atoms with Gasteiger partial charge in [0.05, 0.1) is 6.54 Å². The lowest BCUT2D eigenvalue weighted by atomic mass is 9.93. The lowest BCUT2D eigenvalue weighted by molar-refractivity contribution is 0.161. The number of fused-ring (bicyclic) bond motifs is 1. The van der Waals surface area contributed by atoms with Crippen LogP contribution in [0.25, 0.3) is 0 Å². The summed E-state index contributed by atoms with van der Waals surface area (Å²) in [5.41, 5.74) is 6.60. The fourth-order valence-corrected chi connectivity index (χ4v) is 2.93. The van der Waals surface area contributed by atoms with E-state index in [2.05, 4.69) is 29.4 Å². The van der Waals surface area contributed by atoms with Crippen molar-refractivity contribution in [3.05, 3.63) is 29.8 Å². The topological polar surface area (TPSA) is 59.6 Å². The number of nitrogens with zero attached hydrogens (tertiary/aromatic N) is 1. The second kappa shape index (κ2) is 6.14. The van der Waals surface area contributed by atoms with E-state index in [-0.39, 0.29) is 22.6 Å². The number of hydrogen-bond donors (Lipinski definition) is 2. The van der Waals surface area contributed by atoms with Gasteiger partial charge in [0.2, 0.25) is 0 Å². The Balaban J connectivity index is 0.00000147. The van der Waals surface area contributed by atoms with E-state index >= 15 is 0 Å². The number of nitrogens with one attached hydrogen (secondary N) is 1. The van der Waals surface area contributed by atoms with Crippen LogP contribution in [0, 0.1) is 0 Å². The molecule has 4 nitrogen and oxygen atoms in total. The highest BCUT2D eigenvalue weighted by atomic mass is 79.9. The Kier molecular flexibility index (Phi) is 4.70. The molecule has 0 aliphatic carbocycles. The van der Waals surface area contributed by atoms with Crippen molar-refractivity contribution in [3.8, 4) is 5.75 Å². The van der Waals surface area contributed by atoms with Crippen molar-refractivity contribution in [2.75, 3.05) is 13.1 Å². The van der Waals surface area contributed by atoms with Crippen molar-refractivity contribution in [3.63, 3.8) is 0 Å². The maximum atomic E-state index is 6.23. The summed E-state index contributed by atoms with van der Waals surface area (Å²) in [5.74, 6) is 2.00. The van der Waals surface area contributed by atoms with E-state index in [1.807, 2.05) is 12.1 Å². The molecule has 0 fully saturated rings. The van der Waals surface area contributed by atoms with Gasteiger partial charge in [-0.05, 0) is 31.0 Å². The molecule has 2 atom stereocenters. The Hall–Kier alpha value is -1.07. The molecule has 1 aromatic rings. The van der Waals surface area contributed by atoms with Gasteiger partial charge >= 0.3 is 0 Å². The molecule has 3 rings (SSSR count). The highest BCUT2D eigenvalue weighted by Gasteiger charge is 2.44. The minimum Gasteiger partial charge on any atom is -0.479 e. The maximum absolute atomic E-state index is 6.23. The van der Waals surface area contributed by atoms with Crippen LogP contribution in [-0.2, 0) is 6.42 Å². The fourth-order valence-electron chi connectivity index (χ4n) is 2.93. The quantitative estimate of drug-likeness (QED) is 0.882. The molecule has 2 heterocycles. The molecule has 0 spiro atoms. The summed E-state index contributed by atoms with van der Waals surface area (Å²) in [6.07, 6.45) is 2.78. The molecule has 0 aromatic heterocycles. The van der Waals surface area contributed by atoms with Gasteiger partial charge in [0.25, 0.3) is 0 Å². The first kappa shape index (κ1) is 15.3. The summed E-state index contributed by atoms with van der Waals surface area (Å²) in [6, 6.07) is 8.63. The van der Waals surface area contributed by atoms with E-state index < -0.39 is 0 Å². The molecular weight excluding hydrogens is 318 g/mol. The van der Waals surface area contributed by atoms with Crippen LogP contribution in [0.3, 0.4) is 0 Å². The van der Waals surface area contributed by atoms with Crippen molar-refractivity contribution in [2.24, 2.45) is 10.7 Å².